The molecule has 0 aliphatic heterocycles. The topological polar surface area (TPSA) is 71.9 Å². The number of aryl methyl sites for hydroxylation is 1. The quantitative estimate of drug-likeness (QED) is 0.849. The van der Waals surface area contributed by atoms with E-state index in [1.54, 1.807) is 0 Å². The Morgan fingerprint density at radius 2 is 1.81 bits per heavy atom. The van der Waals surface area contributed by atoms with Crippen LogP contribution in [0.15, 0.2) is 40.1 Å². The van der Waals surface area contributed by atoms with Crippen molar-refractivity contribution < 1.29 is 13.6 Å². The lowest BCUT2D eigenvalue weighted by molar-refractivity contribution is 0.0978. The van der Waals surface area contributed by atoms with Crippen LogP contribution in [-0.4, -0.2) is 15.3 Å². The molecule has 0 radical (unpaired) electrons. The molecule has 0 saturated carbocycles. The van der Waals surface area contributed by atoms with Gasteiger partial charge in [-0.3, -0.25) is 19.1 Å². The SMILES string of the molecule is O=C(CCCn1cc(F)c(=O)[nH]c1=O)c1ccc(F)cc1. The van der Waals surface area contributed by atoms with Crippen molar-refractivity contribution >= 4 is 5.78 Å². The lowest BCUT2D eigenvalue weighted by atomic mass is 10.1. The molecule has 21 heavy (non-hydrogen) atoms. The van der Waals surface area contributed by atoms with Gasteiger partial charge in [0.05, 0.1) is 6.20 Å². The molecular formula is C14H12F2N2O3. The Morgan fingerprint density at radius 3 is 2.48 bits per heavy atom. The summed E-state index contributed by atoms with van der Waals surface area (Å²) in [7, 11) is 0. The van der Waals surface area contributed by atoms with E-state index in [9.17, 15) is 23.2 Å². The van der Waals surface area contributed by atoms with Crippen molar-refractivity contribution in [1.29, 1.82) is 0 Å². The molecule has 5 nitrogen and oxygen atoms in total. The first-order chi connectivity index (χ1) is 9.97. The van der Waals surface area contributed by atoms with Crippen LogP contribution >= 0.6 is 0 Å². The number of rotatable bonds is 5. The average molecular weight is 294 g/mol. The van der Waals surface area contributed by atoms with Gasteiger partial charge in [-0.15, -0.1) is 0 Å². The molecule has 7 heteroatoms. The third-order valence-corrected chi connectivity index (χ3v) is 2.94. The minimum Gasteiger partial charge on any atom is -0.298 e. The summed E-state index contributed by atoms with van der Waals surface area (Å²) in [4.78, 5) is 35.9. The summed E-state index contributed by atoms with van der Waals surface area (Å²) in [6, 6.07) is 5.14. The number of nitrogens with one attached hydrogen (secondary N) is 1. The first-order valence-corrected chi connectivity index (χ1v) is 6.25. The maximum absolute atomic E-state index is 13.0. The van der Waals surface area contributed by atoms with Crippen LogP contribution in [0.2, 0.25) is 0 Å². The summed E-state index contributed by atoms with van der Waals surface area (Å²) in [6.07, 6.45) is 1.23. The number of H-pyrrole nitrogens is 1. The van der Waals surface area contributed by atoms with Gasteiger partial charge >= 0.3 is 5.69 Å². The zero-order valence-corrected chi connectivity index (χ0v) is 10.9. The van der Waals surface area contributed by atoms with Gasteiger partial charge in [0.2, 0.25) is 5.82 Å². The number of halogens is 2. The van der Waals surface area contributed by atoms with Crippen LogP contribution in [0.3, 0.4) is 0 Å². The Labute approximate surface area is 117 Å². The van der Waals surface area contributed by atoms with E-state index >= 15 is 0 Å². The smallest absolute Gasteiger partial charge is 0.298 e. The van der Waals surface area contributed by atoms with Gasteiger partial charge in [-0.25, -0.2) is 9.18 Å². The fourth-order valence-electron chi connectivity index (χ4n) is 1.84. The fourth-order valence-corrected chi connectivity index (χ4v) is 1.84. The molecule has 2 rings (SSSR count). The van der Waals surface area contributed by atoms with E-state index in [0.29, 0.717) is 12.0 Å². The van der Waals surface area contributed by atoms with Crippen molar-refractivity contribution in [2.75, 3.05) is 0 Å². The first kappa shape index (κ1) is 14.8. The summed E-state index contributed by atoms with van der Waals surface area (Å²) in [5, 5.41) is 0. The number of benzene rings is 1. The first-order valence-electron chi connectivity index (χ1n) is 6.25. The highest BCUT2D eigenvalue weighted by Gasteiger charge is 2.07. The van der Waals surface area contributed by atoms with Gasteiger partial charge in [0, 0.05) is 18.5 Å². The number of nitrogens with zero attached hydrogens (tertiary/aromatic N) is 1. The average Bonchev–Trinajstić information content (AvgIpc) is 2.45. The standard InChI is InChI=1S/C14H12F2N2O3/c15-10-5-3-9(4-6-10)12(19)2-1-7-18-8-11(16)13(20)17-14(18)21/h3-6,8H,1-2,7H2,(H,17,20,21). The molecule has 2 aromatic rings. The Morgan fingerprint density at radius 1 is 1.14 bits per heavy atom. The van der Waals surface area contributed by atoms with Gasteiger partial charge < -0.3 is 0 Å². The van der Waals surface area contributed by atoms with Gasteiger partial charge in [0.1, 0.15) is 5.82 Å². The fraction of sp³-hybridized carbons (Fsp3) is 0.214. The molecule has 1 N–H and O–H groups in total. The number of carbonyl (C=O) groups excluding carboxylic acids is 1. The molecule has 1 heterocycles. The van der Waals surface area contributed by atoms with Crippen molar-refractivity contribution in [3.8, 4) is 0 Å². The number of ketones is 1. The number of aromatic nitrogens is 2. The maximum atomic E-state index is 13.0. The third-order valence-electron chi connectivity index (χ3n) is 2.94. The van der Waals surface area contributed by atoms with Crippen molar-refractivity contribution in [2.45, 2.75) is 19.4 Å². The van der Waals surface area contributed by atoms with Gasteiger partial charge in [-0.1, -0.05) is 0 Å². The third kappa shape index (κ3) is 3.71. The molecule has 1 aromatic carbocycles. The van der Waals surface area contributed by atoms with Gasteiger partial charge in [-0.2, -0.15) is 4.39 Å². The zero-order chi connectivity index (χ0) is 15.4. The minimum atomic E-state index is -1.07. The number of aromatic amines is 1. The Bertz CT molecular complexity index is 763. The van der Waals surface area contributed by atoms with E-state index in [1.165, 1.54) is 24.3 Å². The van der Waals surface area contributed by atoms with Crippen molar-refractivity contribution in [2.24, 2.45) is 0 Å². The van der Waals surface area contributed by atoms with Crippen LogP contribution in [0.1, 0.15) is 23.2 Å². The summed E-state index contributed by atoms with van der Waals surface area (Å²) in [5.74, 6) is -1.69. The molecule has 0 aliphatic rings. The zero-order valence-electron chi connectivity index (χ0n) is 10.9. The highest BCUT2D eigenvalue weighted by Crippen LogP contribution is 2.07. The number of Topliss-reactive ketones (excluding diaryl/α,β-unsaturated/α-hetero) is 1. The molecule has 0 unspecified atom stereocenters. The second-order valence-corrected chi connectivity index (χ2v) is 4.46. The molecule has 1 aromatic heterocycles. The van der Waals surface area contributed by atoms with E-state index in [0.717, 1.165) is 10.8 Å². The Kier molecular flexibility index (Phi) is 4.42. The molecule has 110 valence electrons. The predicted molar refractivity (Wildman–Crippen MR) is 71.2 cm³/mol. The van der Waals surface area contributed by atoms with Crippen LogP contribution in [0.4, 0.5) is 8.78 Å². The Hall–Kier alpha value is -2.57. The molecule has 0 aliphatic carbocycles. The van der Waals surface area contributed by atoms with Gasteiger partial charge in [0.15, 0.2) is 5.78 Å². The second-order valence-electron chi connectivity index (χ2n) is 4.46. The second kappa shape index (κ2) is 6.25. The molecule has 0 fully saturated rings. The Balaban J connectivity index is 1.97. The summed E-state index contributed by atoms with van der Waals surface area (Å²) in [6.45, 7) is 0.0967. The molecule has 0 amide bonds. The lowest BCUT2D eigenvalue weighted by Gasteiger charge is -2.05. The van der Waals surface area contributed by atoms with E-state index in [4.69, 9.17) is 0 Å². The molecule has 0 bridgehead atoms. The molecule has 0 saturated heterocycles. The predicted octanol–water partition coefficient (Wildman–Crippen LogP) is 1.48. The highest BCUT2D eigenvalue weighted by molar-refractivity contribution is 5.95. The molecule has 0 spiro atoms. The van der Waals surface area contributed by atoms with E-state index in [-0.39, 0.29) is 18.7 Å². The van der Waals surface area contributed by atoms with Gasteiger partial charge in [0.25, 0.3) is 5.56 Å². The van der Waals surface area contributed by atoms with Crippen LogP contribution in [0.25, 0.3) is 0 Å². The van der Waals surface area contributed by atoms with Crippen molar-refractivity contribution in [1.82, 2.24) is 9.55 Å². The summed E-state index contributed by atoms with van der Waals surface area (Å²) >= 11 is 0. The lowest BCUT2D eigenvalue weighted by Crippen LogP contribution is -2.31. The normalized spacial score (nSPS) is 10.6. The van der Waals surface area contributed by atoms with E-state index in [2.05, 4.69) is 0 Å². The van der Waals surface area contributed by atoms with Crippen molar-refractivity contribution in [3.63, 3.8) is 0 Å². The van der Waals surface area contributed by atoms with Crippen LogP contribution in [0, 0.1) is 11.6 Å². The highest BCUT2D eigenvalue weighted by atomic mass is 19.1. The minimum absolute atomic E-state index is 0.0967. The summed E-state index contributed by atoms with van der Waals surface area (Å²) < 4.78 is 26.8. The summed E-state index contributed by atoms with van der Waals surface area (Å²) in [5.41, 5.74) is -1.43. The molecular weight excluding hydrogens is 282 g/mol. The van der Waals surface area contributed by atoms with Gasteiger partial charge in [-0.05, 0) is 30.7 Å². The van der Waals surface area contributed by atoms with Crippen LogP contribution in [-0.2, 0) is 6.54 Å². The van der Waals surface area contributed by atoms with E-state index in [1.807, 2.05) is 4.98 Å². The number of carbonyl (C=O) groups is 1. The van der Waals surface area contributed by atoms with Crippen LogP contribution in [0.5, 0.6) is 0 Å². The monoisotopic (exact) mass is 294 g/mol. The van der Waals surface area contributed by atoms with Crippen molar-refractivity contribution in [3.05, 3.63) is 68.5 Å². The number of hydrogen-bond acceptors (Lipinski definition) is 3. The number of hydrogen-bond donors (Lipinski definition) is 1. The van der Waals surface area contributed by atoms with E-state index < -0.39 is 22.9 Å². The molecule has 0 atom stereocenters. The van der Waals surface area contributed by atoms with Crippen LogP contribution < -0.4 is 11.2 Å². The maximum Gasteiger partial charge on any atom is 0.328 e. The largest absolute Gasteiger partial charge is 0.328 e.